The van der Waals surface area contributed by atoms with Crippen molar-refractivity contribution in [3.8, 4) is 5.75 Å². The number of phenolic OH excluding ortho intramolecular Hbond substituents is 1. The minimum atomic E-state index is 0.0636. The van der Waals surface area contributed by atoms with Crippen molar-refractivity contribution < 1.29 is 9.84 Å². The molecule has 3 heteroatoms. The maximum Gasteiger partial charge on any atom is 0.121 e. The second-order valence-corrected chi connectivity index (χ2v) is 4.88. The van der Waals surface area contributed by atoms with E-state index in [1.54, 1.807) is 6.07 Å². The van der Waals surface area contributed by atoms with Gasteiger partial charge < -0.3 is 9.84 Å². The normalized spacial score (nSPS) is 28.5. The summed E-state index contributed by atoms with van der Waals surface area (Å²) in [6.07, 6.45) is 2.24. The minimum absolute atomic E-state index is 0.0636. The number of morpholine rings is 1. The van der Waals surface area contributed by atoms with Crippen molar-refractivity contribution in [2.75, 3.05) is 19.7 Å². The van der Waals surface area contributed by atoms with Gasteiger partial charge in [-0.25, -0.2) is 0 Å². The van der Waals surface area contributed by atoms with Gasteiger partial charge in [0.25, 0.3) is 0 Å². The zero-order chi connectivity index (χ0) is 11.8. The highest BCUT2D eigenvalue weighted by Gasteiger charge is 2.37. The molecule has 1 aromatic rings. The van der Waals surface area contributed by atoms with Crippen LogP contribution in [-0.2, 0) is 11.2 Å². The molecule has 0 bridgehead atoms. The van der Waals surface area contributed by atoms with Gasteiger partial charge in [0.15, 0.2) is 0 Å². The van der Waals surface area contributed by atoms with Crippen LogP contribution in [-0.4, -0.2) is 35.7 Å². The Kier molecular flexibility index (Phi) is 2.81. The van der Waals surface area contributed by atoms with Crippen molar-refractivity contribution in [2.45, 2.75) is 31.9 Å². The molecule has 1 aliphatic heterocycles. The summed E-state index contributed by atoms with van der Waals surface area (Å²) < 4.78 is 5.92. The van der Waals surface area contributed by atoms with E-state index in [2.05, 4.69) is 17.9 Å². The fourth-order valence-corrected chi connectivity index (χ4v) is 3.22. The molecule has 17 heavy (non-hydrogen) atoms. The third-order valence-corrected chi connectivity index (χ3v) is 4.07. The molecule has 0 amide bonds. The summed E-state index contributed by atoms with van der Waals surface area (Å²) >= 11 is 0. The molecule has 2 aliphatic rings. The van der Waals surface area contributed by atoms with Gasteiger partial charge in [-0.15, -0.1) is 0 Å². The first kappa shape index (κ1) is 11.1. The van der Waals surface area contributed by atoms with Crippen LogP contribution in [0, 0.1) is 0 Å². The Morgan fingerprint density at radius 2 is 2.35 bits per heavy atom. The summed E-state index contributed by atoms with van der Waals surface area (Å²) in [5.41, 5.74) is 2.28. The number of rotatable bonds is 1. The van der Waals surface area contributed by atoms with Crippen molar-refractivity contribution in [3.63, 3.8) is 0 Å². The first-order chi connectivity index (χ1) is 8.31. The highest BCUT2D eigenvalue weighted by molar-refractivity contribution is 5.43. The van der Waals surface area contributed by atoms with Crippen LogP contribution in [0.3, 0.4) is 0 Å². The number of nitrogens with zero attached hydrogens (tertiary/aromatic N) is 1. The van der Waals surface area contributed by atoms with E-state index in [9.17, 15) is 5.11 Å². The van der Waals surface area contributed by atoms with Crippen molar-refractivity contribution in [3.05, 3.63) is 29.3 Å². The van der Waals surface area contributed by atoms with E-state index in [1.165, 1.54) is 5.56 Å². The molecule has 0 radical (unpaired) electrons. The van der Waals surface area contributed by atoms with E-state index in [0.717, 1.165) is 38.1 Å². The van der Waals surface area contributed by atoms with Crippen LogP contribution < -0.4 is 0 Å². The predicted molar refractivity (Wildman–Crippen MR) is 66.2 cm³/mol. The summed E-state index contributed by atoms with van der Waals surface area (Å²) in [5, 5.41) is 10.1. The number of hydrogen-bond acceptors (Lipinski definition) is 3. The number of ether oxygens (including phenoxy) is 1. The third kappa shape index (κ3) is 1.74. The monoisotopic (exact) mass is 233 g/mol. The summed E-state index contributed by atoms with van der Waals surface area (Å²) in [4.78, 5) is 2.48. The molecule has 3 nitrogen and oxygen atoms in total. The molecule has 0 aromatic heterocycles. The van der Waals surface area contributed by atoms with Crippen LogP contribution in [0.4, 0.5) is 0 Å². The average molecular weight is 233 g/mol. The first-order valence-corrected chi connectivity index (χ1v) is 6.47. The van der Waals surface area contributed by atoms with Gasteiger partial charge in [0.1, 0.15) is 11.9 Å². The molecule has 1 aliphatic carbocycles. The van der Waals surface area contributed by atoms with Crippen molar-refractivity contribution in [2.24, 2.45) is 0 Å². The van der Waals surface area contributed by atoms with Gasteiger partial charge in [-0.1, -0.05) is 19.1 Å². The molecule has 92 valence electrons. The number of fused-ring (bicyclic) bond motifs is 3. The van der Waals surface area contributed by atoms with Gasteiger partial charge in [0.2, 0.25) is 0 Å². The fraction of sp³-hybridized carbons (Fsp3) is 0.571. The molecular formula is C14H19NO2. The smallest absolute Gasteiger partial charge is 0.121 e. The lowest BCUT2D eigenvalue weighted by molar-refractivity contribution is -0.0792. The Labute approximate surface area is 102 Å². The molecule has 1 fully saturated rings. The fourth-order valence-electron chi connectivity index (χ4n) is 3.22. The Morgan fingerprint density at radius 1 is 1.47 bits per heavy atom. The van der Waals surface area contributed by atoms with E-state index in [0.29, 0.717) is 11.8 Å². The second-order valence-electron chi connectivity index (χ2n) is 4.88. The molecule has 0 saturated carbocycles. The van der Waals surface area contributed by atoms with Crippen LogP contribution in [0.2, 0.25) is 0 Å². The lowest BCUT2D eigenvalue weighted by Crippen LogP contribution is -2.48. The van der Waals surface area contributed by atoms with Gasteiger partial charge in [0.05, 0.1) is 6.61 Å². The Hall–Kier alpha value is -1.06. The number of likely N-dealkylation sites (N-methyl/N-ethyl adjacent to an activating group) is 1. The van der Waals surface area contributed by atoms with Crippen LogP contribution in [0.5, 0.6) is 5.75 Å². The quantitative estimate of drug-likeness (QED) is 0.806. The zero-order valence-corrected chi connectivity index (χ0v) is 10.2. The Morgan fingerprint density at radius 3 is 3.18 bits per heavy atom. The summed E-state index contributed by atoms with van der Waals surface area (Å²) in [5.74, 6) is 0.398. The average Bonchev–Trinajstić information content (AvgIpc) is 2.37. The maximum absolute atomic E-state index is 10.1. The highest BCUT2D eigenvalue weighted by atomic mass is 16.5. The third-order valence-electron chi connectivity index (χ3n) is 4.07. The lowest BCUT2D eigenvalue weighted by Gasteiger charge is -2.44. The molecule has 0 spiro atoms. The number of aryl methyl sites for hydroxylation is 1. The summed E-state index contributed by atoms with van der Waals surface area (Å²) in [6, 6.07) is 6.25. The van der Waals surface area contributed by atoms with E-state index in [-0.39, 0.29) is 6.10 Å². The zero-order valence-electron chi connectivity index (χ0n) is 10.2. The first-order valence-electron chi connectivity index (χ1n) is 6.47. The molecule has 3 rings (SSSR count). The summed E-state index contributed by atoms with van der Waals surface area (Å²) in [7, 11) is 0. The molecule has 1 N–H and O–H groups in total. The topological polar surface area (TPSA) is 32.7 Å². The number of hydrogen-bond donors (Lipinski definition) is 1. The Balaban J connectivity index is 2.00. The van der Waals surface area contributed by atoms with Crippen LogP contribution >= 0.6 is 0 Å². The van der Waals surface area contributed by atoms with E-state index < -0.39 is 0 Å². The summed E-state index contributed by atoms with van der Waals surface area (Å²) in [6.45, 7) is 5.04. The second kappa shape index (κ2) is 4.31. The largest absolute Gasteiger partial charge is 0.508 e. The van der Waals surface area contributed by atoms with Crippen molar-refractivity contribution in [1.82, 2.24) is 4.90 Å². The SMILES string of the molecule is CCN1CCO[C@@H]2c3c(O)cccc3CC[C@H]21. The van der Waals surface area contributed by atoms with Gasteiger partial charge in [-0.3, -0.25) is 4.90 Å². The number of aromatic hydroxyl groups is 1. The van der Waals surface area contributed by atoms with Gasteiger partial charge >= 0.3 is 0 Å². The molecule has 1 saturated heterocycles. The number of benzene rings is 1. The van der Waals surface area contributed by atoms with E-state index in [1.807, 2.05) is 6.07 Å². The van der Waals surface area contributed by atoms with Gasteiger partial charge in [-0.05, 0) is 31.0 Å². The van der Waals surface area contributed by atoms with Crippen LogP contribution in [0.15, 0.2) is 18.2 Å². The van der Waals surface area contributed by atoms with Gasteiger partial charge in [-0.2, -0.15) is 0 Å². The van der Waals surface area contributed by atoms with E-state index >= 15 is 0 Å². The van der Waals surface area contributed by atoms with Gasteiger partial charge in [0, 0.05) is 18.2 Å². The van der Waals surface area contributed by atoms with E-state index in [4.69, 9.17) is 4.74 Å². The van der Waals surface area contributed by atoms with Crippen molar-refractivity contribution in [1.29, 1.82) is 0 Å². The molecule has 1 heterocycles. The molecular weight excluding hydrogens is 214 g/mol. The molecule has 0 unspecified atom stereocenters. The molecule has 1 aromatic carbocycles. The highest BCUT2D eigenvalue weighted by Crippen LogP contribution is 2.41. The number of phenols is 1. The Bertz CT molecular complexity index is 419. The van der Waals surface area contributed by atoms with Crippen molar-refractivity contribution >= 4 is 0 Å². The van der Waals surface area contributed by atoms with Crippen LogP contribution in [0.1, 0.15) is 30.6 Å². The maximum atomic E-state index is 10.1. The predicted octanol–water partition coefficient (Wildman–Crippen LogP) is 2.10. The van der Waals surface area contributed by atoms with Crippen LogP contribution in [0.25, 0.3) is 0 Å². The molecule has 2 atom stereocenters. The lowest BCUT2D eigenvalue weighted by atomic mass is 9.83. The minimum Gasteiger partial charge on any atom is -0.508 e. The standard InChI is InChI=1S/C14H19NO2/c1-2-15-8-9-17-14-11(15)7-6-10-4-3-5-12(16)13(10)14/h3-5,11,14,16H,2,6-9H2,1H3/t11-,14+/m1/s1.